The average Bonchev–Trinajstić information content (AvgIpc) is 3.44. The maximum Gasteiger partial charge on any atom is 0.296 e. The number of thiocarbonyl (C=S) groups is 1. The van der Waals surface area contributed by atoms with Crippen molar-refractivity contribution in [1.82, 2.24) is 14.9 Å². The fraction of sp³-hybridized carbons (Fsp3) is 0.241. The Morgan fingerprint density at radius 1 is 1.08 bits per heavy atom. The molecule has 0 saturated carbocycles. The Labute approximate surface area is 232 Å². The zero-order chi connectivity index (χ0) is 27.7. The topological polar surface area (TPSA) is 94.7 Å². The van der Waals surface area contributed by atoms with Crippen LogP contribution < -0.4 is 19.7 Å². The van der Waals surface area contributed by atoms with Crippen molar-refractivity contribution in [2.24, 2.45) is 0 Å². The van der Waals surface area contributed by atoms with Crippen LogP contribution in [-0.2, 0) is 0 Å². The summed E-state index contributed by atoms with van der Waals surface area (Å²) in [6, 6.07) is 20.1. The summed E-state index contributed by atoms with van der Waals surface area (Å²) in [5.41, 5.74) is 4.90. The third-order valence-corrected chi connectivity index (χ3v) is 7.25. The lowest BCUT2D eigenvalue weighted by Gasteiger charge is -2.28. The van der Waals surface area contributed by atoms with E-state index in [1.807, 2.05) is 67.8 Å². The lowest BCUT2D eigenvalue weighted by atomic mass is 9.96. The van der Waals surface area contributed by atoms with Crippen LogP contribution >= 0.6 is 12.2 Å². The Morgan fingerprint density at radius 3 is 2.46 bits per heavy atom. The predicted octanol–water partition coefficient (Wildman–Crippen LogP) is 5.98. The number of pyridine rings is 1. The fourth-order valence-corrected chi connectivity index (χ4v) is 5.59. The maximum absolute atomic E-state index is 12.0. The van der Waals surface area contributed by atoms with E-state index >= 15 is 0 Å². The third-order valence-electron chi connectivity index (χ3n) is 6.93. The van der Waals surface area contributed by atoms with Crippen LogP contribution in [-0.4, -0.2) is 33.3 Å². The summed E-state index contributed by atoms with van der Waals surface area (Å²) < 4.78 is 12.8. The lowest BCUT2D eigenvalue weighted by Crippen LogP contribution is -2.29. The highest BCUT2D eigenvalue weighted by Gasteiger charge is 2.42. The molecule has 2 atom stereocenters. The fourth-order valence-electron chi connectivity index (χ4n) is 5.24. The molecule has 9 nitrogen and oxygen atoms in total. The second kappa shape index (κ2) is 10.7. The van der Waals surface area contributed by atoms with Crippen LogP contribution in [0.2, 0.25) is 0 Å². The van der Waals surface area contributed by atoms with Gasteiger partial charge in [0.2, 0.25) is 0 Å². The number of nitrogens with zero attached hydrogens (tertiary/aromatic N) is 4. The van der Waals surface area contributed by atoms with Gasteiger partial charge >= 0.3 is 0 Å². The summed E-state index contributed by atoms with van der Waals surface area (Å²) in [6.07, 6.45) is 1.76. The number of hydrogen-bond acceptors (Lipinski definition) is 6. The van der Waals surface area contributed by atoms with Gasteiger partial charge in [-0.2, -0.15) is 0 Å². The Morgan fingerprint density at radius 2 is 1.82 bits per heavy atom. The minimum atomic E-state index is -0.383. The third kappa shape index (κ3) is 4.79. The smallest absolute Gasteiger partial charge is 0.296 e. The number of methoxy groups -OCH3 is 1. The Kier molecular flexibility index (Phi) is 7.21. The molecule has 2 aromatic heterocycles. The van der Waals surface area contributed by atoms with Gasteiger partial charge in [0.15, 0.2) is 5.11 Å². The first-order valence-electron chi connectivity index (χ1n) is 12.6. The van der Waals surface area contributed by atoms with E-state index in [0.29, 0.717) is 23.2 Å². The molecule has 0 aliphatic carbocycles. The van der Waals surface area contributed by atoms with E-state index in [2.05, 4.69) is 21.3 Å². The van der Waals surface area contributed by atoms with Crippen LogP contribution in [0.1, 0.15) is 41.7 Å². The number of ether oxygens (including phenoxy) is 2. The van der Waals surface area contributed by atoms with Gasteiger partial charge in [-0.15, -0.1) is 0 Å². The summed E-state index contributed by atoms with van der Waals surface area (Å²) in [7, 11) is 1.49. The first-order valence-corrected chi connectivity index (χ1v) is 13.0. The van der Waals surface area contributed by atoms with Gasteiger partial charge in [-0.25, -0.2) is 0 Å². The van der Waals surface area contributed by atoms with Crippen molar-refractivity contribution in [2.45, 2.75) is 32.9 Å². The lowest BCUT2D eigenvalue weighted by molar-refractivity contribution is -0.384. The summed E-state index contributed by atoms with van der Waals surface area (Å²) in [4.78, 5) is 18.4. The zero-order valence-electron chi connectivity index (χ0n) is 22.1. The van der Waals surface area contributed by atoms with Gasteiger partial charge < -0.3 is 24.3 Å². The number of anilines is 1. The molecule has 1 N–H and O–H groups in total. The molecule has 4 aromatic rings. The summed E-state index contributed by atoms with van der Waals surface area (Å²) in [5.74, 6) is 1.21. The van der Waals surface area contributed by atoms with Crippen LogP contribution in [0.25, 0.3) is 5.69 Å². The molecule has 0 spiro atoms. The van der Waals surface area contributed by atoms with Gasteiger partial charge in [-0.05, 0) is 93.1 Å². The Hall–Kier alpha value is -4.44. The second-order valence-electron chi connectivity index (χ2n) is 9.20. The van der Waals surface area contributed by atoms with Crippen molar-refractivity contribution in [1.29, 1.82) is 0 Å². The number of aryl methyl sites for hydroxylation is 1. The Bertz CT molecular complexity index is 1520. The maximum atomic E-state index is 12.0. The van der Waals surface area contributed by atoms with Crippen LogP contribution in [0.3, 0.4) is 0 Å². The molecule has 10 heteroatoms. The molecular formula is C29H29N5O4S. The van der Waals surface area contributed by atoms with E-state index in [4.69, 9.17) is 21.7 Å². The second-order valence-corrected chi connectivity index (χ2v) is 9.58. The van der Waals surface area contributed by atoms with Crippen LogP contribution in [0.5, 0.6) is 11.5 Å². The van der Waals surface area contributed by atoms with Crippen LogP contribution in [0.15, 0.2) is 72.9 Å². The van der Waals surface area contributed by atoms with Crippen molar-refractivity contribution in [2.75, 3.05) is 18.6 Å². The minimum absolute atomic E-state index is 0.0348. The number of nitrogens with one attached hydrogen (secondary N) is 1. The number of nitro groups is 1. The van der Waals surface area contributed by atoms with Gasteiger partial charge in [0.1, 0.15) is 17.2 Å². The van der Waals surface area contributed by atoms with E-state index in [1.165, 1.54) is 13.2 Å². The van der Waals surface area contributed by atoms with Crippen molar-refractivity contribution >= 4 is 28.7 Å². The predicted molar refractivity (Wildman–Crippen MR) is 154 cm³/mol. The number of rotatable bonds is 8. The molecule has 1 fully saturated rings. The molecule has 200 valence electrons. The van der Waals surface area contributed by atoms with Gasteiger partial charge in [-0.3, -0.25) is 15.1 Å². The van der Waals surface area contributed by atoms with E-state index in [-0.39, 0.29) is 22.7 Å². The summed E-state index contributed by atoms with van der Waals surface area (Å²) >= 11 is 5.87. The standard InChI is InChI=1S/C29H29N5O4S/c1-5-38-21-11-9-20(10-12-21)33-28(27(31-29(33)39)24-8-6-7-15-30-24)23-16-18(2)32(19(23)3)25-14-13-22(37-4)17-26(25)34(35)36/h6-17,27-28H,5H2,1-4H3,(H,31,39)/t27-,28+/m0/s1. The van der Waals surface area contributed by atoms with E-state index in [9.17, 15) is 10.1 Å². The molecular weight excluding hydrogens is 514 g/mol. The van der Waals surface area contributed by atoms with Crippen molar-refractivity contribution in [3.63, 3.8) is 0 Å². The Balaban J connectivity index is 1.67. The molecule has 39 heavy (non-hydrogen) atoms. The van der Waals surface area contributed by atoms with Crippen LogP contribution in [0, 0.1) is 24.0 Å². The molecule has 1 aliphatic heterocycles. The molecule has 1 saturated heterocycles. The van der Waals surface area contributed by atoms with Gasteiger partial charge in [0.25, 0.3) is 5.69 Å². The molecule has 0 bridgehead atoms. The highest BCUT2D eigenvalue weighted by atomic mass is 32.1. The summed E-state index contributed by atoms with van der Waals surface area (Å²) in [5, 5.41) is 16.1. The number of benzene rings is 2. The average molecular weight is 544 g/mol. The van der Waals surface area contributed by atoms with Crippen molar-refractivity contribution in [3.8, 4) is 17.2 Å². The zero-order valence-corrected chi connectivity index (χ0v) is 22.9. The van der Waals surface area contributed by atoms with Gasteiger partial charge in [0.05, 0.1) is 42.5 Å². The van der Waals surface area contributed by atoms with E-state index < -0.39 is 0 Å². The highest BCUT2D eigenvalue weighted by molar-refractivity contribution is 7.80. The van der Waals surface area contributed by atoms with Gasteiger partial charge in [-0.1, -0.05) is 6.07 Å². The first-order chi connectivity index (χ1) is 18.8. The highest BCUT2D eigenvalue weighted by Crippen LogP contribution is 2.44. The molecule has 0 radical (unpaired) electrons. The number of hydrogen-bond donors (Lipinski definition) is 1. The molecule has 2 aromatic carbocycles. The summed E-state index contributed by atoms with van der Waals surface area (Å²) in [6.45, 7) is 6.45. The number of aromatic nitrogens is 2. The molecule has 0 amide bonds. The monoisotopic (exact) mass is 543 g/mol. The quantitative estimate of drug-likeness (QED) is 0.165. The molecule has 0 unspecified atom stereocenters. The first kappa shape index (κ1) is 26.2. The van der Waals surface area contributed by atoms with E-state index in [0.717, 1.165) is 34.1 Å². The van der Waals surface area contributed by atoms with Crippen LogP contribution in [0.4, 0.5) is 11.4 Å². The molecule has 1 aliphatic rings. The molecule has 5 rings (SSSR count). The molecule has 3 heterocycles. The minimum Gasteiger partial charge on any atom is -0.496 e. The van der Waals surface area contributed by atoms with Crippen molar-refractivity contribution < 1.29 is 14.4 Å². The van der Waals surface area contributed by atoms with Crippen molar-refractivity contribution in [3.05, 3.63) is 106 Å². The van der Waals surface area contributed by atoms with Gasteiger partial charge in [0, 0.05) is 23.3 Å². The van der Waals surface area contributed by atoms with E-state index in [1.54, 1.807) is 18.3 Å². The largest absolute Gasteiger partial charge is 0.496 e. The normalized spacial score (nSPS) is 16.7. The SMILES string of the molecule is CCOc1ccc(N2C(=S)N[C@@H](c3ccccn3)[C@H]2c2cc(C)n(-c3ccc(OC)cc3[N+](=O)[O-])c2C)cc1. The number of nitro benzene ring substituents is 1.